The molecule has 0 unspecified atom stereocenters. The molecule has 0 bridgehead atoms. The molecule has 0 spiro atoms. The number of hydrogen-bond donors (Lipinski definition) is 0. The van der Waals surface area contributed by atoms with E-state index in [2.05, 4.69) is 56.0 Å². The van der Waals surface area contributed by atoms with Crippen molar-refractivity contribution in [1.29, 1.82) is 0 Å². The molecule has 0 heterocycles. The van der Waals surface area contributed by atoms with Gasteiger partial charge in [0.15, 0.2) is 0 Å². The molecule has 2 rings (SSSR count). The van der Waals surface area contributed by atoms with E-state index in [1.165, 1.54) is 21.9 Å². The molecule has 0 amide bonds. The largest absolute Gasteiger partial charge is 0.100 e. The van der Waals surface area contributed by atoms with Gasteiger partial charge >= 0.3 is 0 Å². The first-order valence-electron chi connectivity index (χ1n) is 6.38. The Morgan fingerprint density at radius 2 is 1.65 bits per heavy atom. The molecule has 0 atom stereocenters. The summed E-state index contributed by atoms with van der Waals surface area (Å²) in [6, 6.07) is 15.2. The van der Waals surface area contributed by atoms with E-state index in [0.717, 1.165) is 12.8 Å². The second kappa shape index (κ2) is 6.90. The number of rotatable bonds is 3. The lowest BCUT2D eigenvalue weighted by atomic mass is 10.0. The fourth-order valence-corrected chi connectivity index (χ4v) is 1.75. The molecule has 0 N–H and O–H groups in total. The Labute approximate surface area is 105 Å². The molecule has 2 aromatic rings. The summed E-state index contributed by atoms with van der Waals surface area (Å²) in [5, 5.41) is 2.65. The van der Waals surface area contributed by atoms with Gasteiger partial charge in [0.2, 0.25) is 0 Å². The third kappa shape index (κ3) is 4.07. The van der Waals surface area contributed by atoms with Crippen molar-refractivity contribution in [3.63, 3.8) is 0 Å². The summed E-state index contributed by atoms with van der Waals surface area (Å²) < 4.78 is 0. The summed E-state index contributed by atoms with van der Waals surface area (Å²) >= 11 is 0. The third-order valence-electron chi connectivity index (χ3n) is 2.65. The van der Waals surface area contributed by atoms with E-state index in [9.17, 15) is 0 Å². The zero-order valence-electron chi connectivity index (χ0n) is 11.2. The van der Waals surface area contributed by atoms with Crippen LogP contribution in [0.3, 0.4) is 0 Å². The van der Waals surface area contributed by atoms with E-state index in [4.69, 9.17) is 0 Å². The summed E-state index contributed by atoms with van der Waals surface area (Å²) in [5.74, 6) is 0. The van der Waals surface area contributed by atoms with Crippen molar-refractivity contribution in [2.24, 2.45) is 0 Å². The van der Waals surface area contributed by atoms with Gasteiger partial charge in [-0.1, -0.05) is 61.9 Å². The molecule has 90 valence electrons. The van der Waals surface area contributed by atoms with Crippen LogP contribution in [-0.4, -0.2) is 0 Å². The highest BCUT2D eigenvalue weighted by atomic mass is 14.0. The van der Waals surface area contributed by atoms with Gasteiger partial charge in [0.1, 0.15) is 0 Å². The van der Waals surface area contributed by atoms with E-state index < -0.39 is 0 Å². The molecule has 0 nitrogen and oxygen atoms in total. The summed E-state index contributed by atoms with van der Waals surface area (Å²) in [7, 11) is 0. The van der Waals surface area contributed by atoms with Crippen LogP contribution in [0.4, 0.5) is 0 Å². The van der Waals surface area contributed by atoms with Crippen LogP contribution in [0.1, 0.15) is 32.8 Å². The zero-order valence-corrected chi connectivity index (χ0v) is 11.2. The monoisotopic (exact) mass is 226 g/mol. The molecular formula is C17H22. The second-order valence-electron chi connectivity index (χ2n) is 4.14. The zero-order chi connectivity index (χ0) is 12.7. The summed E-state index contributed by atoms with van der Waals surface area (Å²) in [4.78, 5) is 0. The first-order chi connectivity index (χ1) is 8.25. The van der Waals surface area contributed by atoms with Crippen LogP contribution in [-0.2, 0) is 6.42 Å². The molecule has 0 aliphatic carbocycles. The number of fused-ring (bicyclic) bond motifs is 1. The minimum atomic E-state index is 1.08. The molecular weight excluding hydrogens is 204 g/mol. The summed E-state index contributed by atoms with van der Waals surface area (Å²) in [5.41, 5.74) is 2.65. The van der Waals surface area contributed by atoms with Crippen LogP contribution in [0.15, 0.2) is 54.6 Å². The Balaban J connectivity index is 0.000000686. The predicted molar refractivity (Wildman–Crippen MR) is 78.4 cm³/mol. The van der Waals surface area contributed by atoms with Gasteiger partial charge < -0.3 is 0 Å². The molecule has 0 saturated carbocycles. The molecule has 0 aliphatic heterocycles. The lowest BCUT2D eigenvalue weighted by Gasteiger charge is -2.03. The lowest BCUT2D eigenvalue weighted by Crippen LogP contribution is -1.85. The van der Waals surface area contributed by atoms with Crippen LogP contribution >= 0.6 is 0 Å². The minimum Gasteiger partial charge on any atom is -0.100 e. The van der Waals surface area contributed by atoms with Gasteiger partial charge in [-0.25, -0.2) is 0 Å². The van der Waals surface area contributed by atoms with Gasteiger partial charge in [-0.3, -0.25) is 0 Å². The van der Waals surface area contributed by atoms with Crippen molar-refractivity contribution in [2.45, 2.75) is 33.6 Å². The Morgan fingerprint density at radius 1 is 1.00 bits per heavy atom. The third-order valence-corrected chi connectivity index (χ3v) is 2.65. The first kappa shape index (κ1) is 13.5. The van der Waals surface area contributed by atoms with Gasteiger partial charge in [-0.05, 0) is 36.1 Å². The minimum absolute atomic E-state index is 1.08. The number of hydrogen-bond acceptors (Lipinski definition) is 0. The molecule has 2 aromatic carbocycles. The number of allylic oxidation sites excluding steroid dienone is 1. The van der Waals surface area contributed by atoms with E-state index in [1.807, 2.05) is 13.8 Å². The van der Waals surface area contributed by atoms with Crippen LogP contribution in [0.25, 0.3) is 10.8 Å². The SMILES string of the molecule is C=C(C)CCc1ccc2ccccc2c1.CC. The number of aryl methyl sites for hydroxylation is 1. The van der Waals surface area contributed by atoms with Gasteiger partial charge in [-0.2, -0.15) is 0 Å². The maximum Gasteiger partial charge on any atom is -0.0181 e. The first-order valence-corrected chi connectivity index (χ1v) is 6.38. The lowest BCUT2D eigenvalue weighted by molar-refractivity contribution is 0.948. The Hall–Kier alpha value is -1.56. The molecule has 17 heavy (non-hydrogen) atoms. The van der Waals surface area contributed by atoms with Crippen molar-refractivity contribution in [2.75, 3.05) is 0 Å². The molecule has 0 aliphatic rings. The van der Waals surface area contributed by atoms with E-state index in [0.29, 0.717) is 0 Å². The van der Waals surface area contributed by atoms with Crippen LogP contribution < -0.4 is 0 Å². The van der Waals surface area contributed by atoms with Crippen molar-refractivity contribution in [1.82, 2.24) is 0 Å². The van der Waals surface area contributed by atoms with Crippen LogP contribution in [0.2, 0.25) is 0 Å². The van der Waals surface area contributed by atoms with Crippen LogP contribution in [0, 0.1) is 0 Å². The Morgan fingerprint density at radius 3 is 2.29 bits per heavy atom. The highest BCUT2D eigenvalue weighted by Gasteiger charge is 1.96. The van der Waals surface area contributed by atoms with E-state index >= 15 is 0 Å². The fourth-order valence-electron chi connectivity index (χ4n) is 1.75. The summed E-state index contributed by atoms with van der Waals surface area (Å²) in [6.07, 6.45) is 2.18. The van der Waals surface area contributed by atoms with Gasteiger partial charge in [0.05, 0.1) is 0 Å². The maximum atomic E-state index is 3.93. The average Bonchev–Trinajstić information content (AvgIpc) is 2.38. The molecule has 0 saturated heterocycles. The highest BCUT2D eigenvalue weighted by molar-refractivity contribution is 5.82. The standard InChI is InChI=1S/C15H16.C2H6/c1-12(2)7-8-13-9-10-14-5-3-4-6-15(14)11-13;1-2/h3-6,9-11H,1,7-8H2,2H3;1-2H3. The predicted octanol–water partition coefficient (Wildman–Crippen LogP) is 5.37. The topological polar surface area (TPSA) is 0 Å². The van der Waals surface area contributed by atoms with Gasteiger partial charge in [0, 0.05) is 0 Å². The average molecular weight is 226 g/mol. The molecule has 0 fully saturated rings. The van der Waals surface area contributed by atoms with E-state index in [-0.39, 0.29) is 0 Å². The second-order valence-corrected chi connectivity index (χ2v) is 4.14. The maximum absolute atomic E-state index is 3.93. The quantitative estimate of drug-likeness (QED) is 0.617. The normalized spacial score (nSPS) is 9.59. The Bertz CT molecular complexity index is 480. The van der Waals surface area contributed by atoms with Crippen molar-refractivity contribution in [3.05, 3.63) is 60.2 Å². The van der Waals surface area contributed by atoms with Crippen LogP contribution in [0.5, 0.6) is 0 Å². The summed E-state index contributed by atoms with van der Waals surface area (Å²) in [6.45, 7) is 10.0. The van der Waals surface area contributed by atoms with Gasteiger partial charge in [-0.15, -0.1) is 6.58 Å². The molecule has 0 heteroatoms. The highest BCUT2D eigenvalue weighted by Crippen LogP contribution is 2.17. The van der Waals surface area contributed by atoms with E-state index in [1.54, 1.807) is 0 Å². The van der Waals surface area contributed by atoms with Crippen molar-refractivity contribution >= 4 is 10.8 Å². The molecule has 0 radical (unpaired) electrons. The molecule has 0 aromatic heterocycles. The fraction of sp³-hybridized carbons (Fsp3) is 0.294. The smallest absolute Gasteiger partial charge is 0.0181 e. The van der Waals surface area contributed by atoms with Crippen molar-refractivity contribution in [3.8, 4) is 0 Å². The number of benzene rings is 2. The van der Waals surface area contributed by atoms with Crippen molar-refractivity contribution < 1.29 is 0 Å². The Kier molecular flexibility index (Phi) is 5.48. The van der Waals surface area contributed by atoms with Gasteiger partial charge in [0.25, 0.3) is 0 Å².